The van der Waals surface area contributed by atoms with Crippen molar-refractivity contribution < 1.29 is 0 Å². The molecule has 3 heterocycles. The predicted molar refractivity (Wildman–Crippen MR) is 106 cm³/mol. The number of nitrogens with zero attached hydrogens (tertiary/aromatic N) is 5. The molecule has 136 valence electrons. The van der Waals surface area contributed by atoms with E-state index < -0.39 is 0 Å². The van der Waals surface area contributed by atoms with Gasteiger partial charge >= 0.3 is 0 Å². The van der Waals surface area contributed by atoms with Crippen molar-refractivity contribution in [2.45, 2.75) is 24.8 Å². The van der Waals surface area contributed by atoms with Crippen LogP contribution in [0, 0.1) is 13.8 Å². The molecule has 0 unspecified atom stereocenters. The Bertz CT molecular complexity index is 1180. The number of hydrogen-bond acceptors (Lipinski definition) is 6. The Kier molecular flexibility index (Phi) is 4.41. The fraction of sp³-hybridized carbons (Fsp3) is 0.158. The van der Waals surface area contributed by atoms with E-state index in [-0.39, 0.29) is 5.56 Å². The highest BCUT2D eigenvalue weighted by molar-refractivity contribution is 7.98. The Morgan fingerprint density at radius 2 is 1.85 bits per heavy atom. The molecule has 7 nitrogen and oxygen atoms in total. The Balaban J connectivity index is 1.58. The van der Waals surface area contributed by atoms with Crippen molar-refractivity contribution in [3.8, 4) is 11.4 Å². The second-order valence-electron chi connectivity index (χ2n) is 6.28. The van der Waals surface area contributed by atoms with E-state index in [2.05, 4.69) is 15.2 Å². The zero-order valence-corrected chi connectivity index (χ0v) is 15.8. The van der Waals surface area contributed by atoms with Gasteiger partial charge in [-0.15, -0.1) is 10.2 Å². The summed E-state index contributed by atoms with van der Waals surface area (Å²) in [6, 6.07) is 15.1. The molecule has 27 heavy (non-hydrogen) atoms. The monoisotopic (exact) mass is 378 g/mol. The molecule has 0 radical (unpaired) electrons. The molecule has 0 atom stereocenters. The molecule has 0 fully saturated rings. The summed E-state index contributed by atoms with van der Waals surface area (Å²) in [5, 5.41) is 8.92. The maximum atomic E-state index is 12.4. The highest BCUT2D eigenvalue weighted by Gasteiger charge is 2.13. The average Bonchev–Trinajstić information content (AvgIpc) is 3.01. The number of rotatable bonds is 4. The van der Waals surface area contributed by atoms with Crippen LogP contribution in [-0.2, 0) is 5.75 Å². The number of pyridine rings is 1. The first-order valence-corrected chi connectivity index (χ1v) is 9.40. The van der Waals surface area contributed by atoms with Crippen LogP contribution in [0.4, 0.5) is 0 Å². The van der Waals surface area contributed by atoms with E-state index in [4.69, 9.17) is 5.84 Å². The molecule has 0 aliphatic rings. The zero-order valence-electron chi connectivity index (χ0n) is 15.0. The highest BCUT2D eigenvalue weighted by atomic mass is 32.2. The third kappa shape index (κ3) is 3.31. The molecule has 2 N–H and O–H groups in total. The van der Waals surface area contributed by atoms with Crippen LogP contribution in [-0.4, -0.2) is 24.3 Å². The topological polar surface area (TPSA) is 91.1 Å². The largest absolute Gasteiger partial charge is 0.335 e. The fourth-order valence-corrected chi connectivity index (χ4v) is 3.60. The van der Waals surface area contributed by atoms with Crippen LogP contribution in [0.3, 0.4) is 0 Å². The fourth-order valence-electron chi connectivity index (χ4n) is 2.85. The van der Waals surface area contributed by atoms with Crippen LogP contribution in [0.15, 0.2) is 58.5 Å². The third-order valence-corrected chi connectivity index (χ3v) is 5.23. The highest BCUT2D eigenvalue weighted by Crippen LogP contribution is 2.24. The Hall–Kier alpha value is -3.13. The first-order valence-electron chi connectivity index (χ1n) is 8.41. The second kappa shape index (κ2) is 6.88. The number of nitrogens with two attached hydrogens (primary N) is 1. The van der Waals surface area contributed by atoms with Gasteiger partial charge in [-0.3, -0.25) is 9.20 Å². The minimum atomic E-state index is -0.0942. The maximum absolute atomic E-state index is 12.4. The van der Waals surface area contributed by atoms with Crippen molar-refractivity contribution in [2.24, 2.45) is 0 Å². The predicted octanol–water partition coefficient (Wildman–Crippen LogP) is 2.58. The first-order chi connectivity index (χ1) is 13.0. The Labute approximate surface area is 159 Å². The van der Waals surface area contributed by atoms with Crippen LogP contribution < -0.4 is 11.4 Å². The smallest absolute Gasteiger partial charge is 0.258 e. The first kappa shape index (κ1) is 17.3. The molecule has 0 aliphatic carbocycles. The van der Waals surface area contributed by atoms with Crippen LogP contribution in [0.2, 0.25) is 0 Å². The lowest BCUT2D eigenvalue weighted by atomic mass is 10.1. The van der Waals surface area contributed by atoms with Crippen molar-refractivity contribution in [3.63, 3.8) is 0 Å². The number of thioether (sulfide) groups is 1. The van der Waals surface area contributed by atoms with Gasteiger partial charge in [-0.2, -0.15) is 0 Å². The molecule has 0 spiro atoms. The molecular formula is C19H18N6OS. The summed E-state index contributed by atoms with van der Waals surface area (Å²) in [6.45, 7) is 3.91. The molecule has 4 rings (SSSR count). The van der Waals surface area contributed by atoms with Crippen LogP contribution in [0.25, 0.3) is 17.0 Å². The number of hydrogen-bond donors (Lipinski definition) is 1. The maximum Gasteiger partial charge on any atom is 0.258 e. The van der Waals surface area contributed by atoms with Gasteiger partial charge in [-0.05, 0) is 26.0 Å². The minimum Gasteiger partial charge on any atom is -0.335 e. The minimum absolute atomic E-state index is 0.0942. The van der Waals surface area contributed by atoms with Crippen molar-refractivity contribution in [3.05, 3.63) is 75.8 Å². The molecule has 0 bridgehead atoms. The Morgan fingerprint density at radius 1 is 1.07 bits per heavy atom. The molecule has 0 aliphatic heterocycles. The van der Waals surface area contributed by atoms with E-state index in [1.807, 2.05) is 56.3 Å². The molecule has 8 heteroatoms. The lowest BCUT2D eigenvalue weighted by Gasteiger charge is -2.06. The molecule has 0 saturated heterocycles. The van der Waals surface area contributed by atoms with E-state index in [0.717, 1.165) is 11.3 Å². The van der Waals surface area contributed by atoms with Crippen LogP contribution >= 0.6 is 11.8 Å². The van der Waals surface area contributed by atoms with Gasteiger partial charge in [0.1, 0.15) is 5.65 Å². The van der Waals surface area contributed by atoms with E-state index in [1.54, 1.807) is 10.5 Å². The van der Waals surface area contributed by atoms with E-state index in [9.17, 15) is 4.79 Å². The second-order valence-corrected chi connectivity index (χ2v) is 7.22. The summed E-state index contributed by atoms with van der Waals surface area (Å²) in [6.07, 6.45) is 0. The summed E-state index contributed by atoms with van der Waals surface area (Å²) in [5.41, 5.74) is 4.14. The van der Waals surface area contributed by atoms with Gasteiger partial charge < -0.3 is 5.84 Å². The number of nitrogen functional groups attached to an aromatic ring is 1. The number of benzene rings is 1. The SMILES string of the molecule is Cc1ccc(-c2nnc(SCc3cc(=O)n4c(C)cccc4n3)n2N)cc1. The van der Waals surface area contributed by atoms with Crippen molar-refractivity contribution in [1.82, 2.24) is 24.3 Å². The normalized spacial score (nSPS) is 11.2. The van der Waals surface area contributed by atoms with E-state index in [0.29, 0.717) is 28.1 Å². The molecule has 1 aromatic carbocycles. The van der Waals surface area contributed by atoms with Gasteiger partial charge in [0.05, 0.1) is 5.69 Å². The van der Waals surface area contributed by atoms with E-state index in [1.165, 1.54) is 22.0 Å². The van der Waals surface area contributed by atoms with Crippen molar-refractivity contribution >= 4 is 17.4 Å². The molecule has 4 aromatic rings. The zero-order chi connectivity index (χ0) is 19.0. The number of aryl methyl sites for hydroxylation is 2. The summed E-state index contributed by atoms with van der Waals surface area (Å²) in [7, 11) is 0. The van der Waals surface area contributed by atoms with Gasteiger partial charge in [-0.1, -0.05) is 47.7 Å². The lowest BCUT2D eigenvalue weighted by molar-refractivity contribution is 0.848. The number of aromatic nitrogens is 5. The van der Waals surface area contributed by atoms with E-state index >= 15 is 0 Å². The van der Waals surface area contributed by atoms with Crippen molar-refractivity contribution in [1.29, 1.82) is 0 Å². The summed E-state index contributed by atoms with van der Waals surface area (Å²) < 4.78 is 3.06. The number of fused-ring (bicyclic) bond motifs is 1. The quantitative estimate of drug-likeness (QED) is 0.433. The van der Waals surface area contributed by atoms with Crippen LogP contribution in [0.1, 0.15) is 17.0 Å². The standard InChI is InChI=1S/C19H18N6OS/c1-12-6-8-14(9-7-12)18-22-23-19(25(18)20)27-11-15-10-17(26)24-13(2)4-3-5-16(24)21-15/h3-10H,11,20H2,1-2H3. The Morgan fingerprint density at radius 3 is 2.63 bits per heavy atom. The molecule has 0 amide bonds. The third-order valence-electron chi connectivity index (χ3n) is 4.26. The summed E-state index contributed by atoms with van der Waals surface area (Å²) >= 11 is 1.39. The molecule has 0 saturated carbocycles. The average molecular weight is 378 g/mol. The van der Waals surface area contributed by atoms with Gasteiger partial charge in [0.15, 0.2) is 5.82 Å². The molecule has 3 aromatic heterocycles. The van der Waals surface area contributed by atoms with Crippen molar-refractivity contribution in [2.75, 3.05) is 5.84 Å². The summed E-state index contributed by atoms with van der Waals surface area (Å²) in [4.78, 5) is 16.9. The van der Waals surface area contributed by atoms with Crippen LogP contribution in [0.5, 0.6) is 0 Å². The molecular weight excluding hydrogens is 360 g/mol. The van der Waals surface area contributed by atoms with Gasteiger partial charge in [-0.25, -0.2) is 9.66 Å². The van der Waals surface area contributed by atoms with Gasteiger partial charge in [0.2, 0.25) is 5.16 Å². The van der Waals surface area contributed by atoms with Gasteiger partial charge in [0, 0.05) is 23.1 Å². The lowest BCUT2D eigenvalue weighted by Crippen LogP contribution is -2.17. The van der Waals surface area contributed by atoms with Gasteiger partial charge in [0.25, 0.3) is 5.56 Å². The summed E-state index contributed by atoms with van der Waals surface area (Å²) in [5.74, 6) is 7.23.